The maximum absolute atomic E-state index is 13.0. The van der Waals surface area contributed by atoms with E-state index in [9.17, 15) is 9.59 Å². The van der Waals surface area contributed by atoms with Gasteiger partial charge >= 0.3 is 6.03 Å². The molecule has 2 aromatic rings. The van der Waals surface area contributed by atoms with Crippen LogP contribution in [0.4, 0.5) is 4.79 Å². The Kier molecular flexibility index (Phi) is 7.82. The van der Waals surface area contributed by atoms with Gasteiger partial charge in [0.1, 0.15) is 17.7 Å². The van der Waals surface area contributed by atoms with Gasteiger partial charge in [0.25, 0.3) is 0 Å². The number of nitrogens with one attached hydrogen (secondary N) is 2. The second-order valence-corrected chi connectivity index (χ2v) is 7.50. The van der Waals surface area contributed by atoms with E-state index >= 15 is 0 Å². The summed E-state index contributed by atoms with van der Waals surface area (Å²) in [6.45, 7) is 6.44. The van der Waals surface area contributed by atoms with Crippen LogP contribution in [0.25, 0.3) is 0 Å². The number of hydrogen-bond acceptors (Lipinski definition) is 4. The van der Waals surface area contributed by atoms with Gasteiger partial charge < -0.3 is 20.1 Å². The summed E-state index contributed by atoms with van der Waals surface area (Å²) in [4.78, 5) is 27.2. The van der Waals surface area contributed by atoms with E-state index in [1.807, 2.05) is 44.2 Å². The third-order valence-corrected chi connectivity index (χ3v) is 5.55. The molecule has 0 spiro atoms. The van der Waals surface area contributed by atoms with E-state index in [-0.39, 0.29) is 11.9 Å². The van der Waals surface area contributed by atoms with Gasteiger partial charge in [0, 0.05) is 39.0 Å². The molecule has 0 aliphatic carbocycles. The van der Waals surface area contributed by atoms with Gasteiger partial charge in [-0.25, -0.2) is 4.79 Å². The van der Waals surface area contributed by atoms with Crippen molar-refractivity contribution in [3.63, 3.8) is 0 Å². The van der Waals surface area contributed by atoms with E-state index in [1.54, 1.807) is 4.90 Å². The van der Waals surface area contributed by atoms with Gasteiger partial charge in [0.15, 0.2) is 0 Å². The molecule has 1 aromatic heterocycles. The quantitative estimate of drug-likeness (QED) is 0.697. The fourth-order valence-corrected chi connectivity index (χ4v) is 3.85. The molecule has 2 heterocycles. The maximum atomic E-state index is 13.0. The third-order valence-electron chi connectivity index (χ3n) is 5.55. The lowest BCUT2D eigenvalue weighted by molar-refractivity contribution is -0.133. The van der Waals surface area contributed by atoms with E-state index in [4.69, 9.17) is 0 Å². The minimum atomic E-state index is -0.713. The van der Waals surface area contributed by atoms with E-state index in [2.05, 4.69) is 25.4 Å². The molecule has 0 saturated carbocycles. The van der Waals surface area contributed by atoms with Gasteiger partial charge in [0.05, 0.1) is 0 Å². The van der Waals surface area contributed by atoms with Crippen LogP contribution in [0.5, 0.6) is 0 Å². The van der Waals surface area contributed by atoms with Gasteiger partial charge in [-0.3, -0.25) is 4.79 Å². The van der Waals surface area contributed by atoms with Crippen LogP contribution in [0.1, 0.15) is 56.4 Å². The molecular weight excluding hydrogens is 380 g/mol. The van der Waals surface area contributed by atoms with E-state index in [1.165, 1.54) is 6.42 Å². The Balaban J connectivity index is 1.59. The molecule has 0 bridgehead atoms. The van der Waals surface area contributed by atoms with E-state index in [0.29, 0.717) is 26.1 Å². The Morgan fingerprint density at radius 3 is 2.60 bits per heavy atom. The lowest BCUT2D eigenvalue weighted by atomic mass is 10.1. The molecule has 3 rings (SSSR count). The highest BCUT2D eigenvalue weighted by molar-refractivity contribution is 5.88. The first-order valence-corrected chi connectivity index (χ1v) is 10.9. The molecule has 0 saturated heterocycles. The molecule has 162 valence electrons. The number of benzene rings is 1. The molecular formula is C22H32N6O2. The number of aryl methyl sites for hydroxylation is 1. The van der Waals surface area contributed by atoms with Crippen LogP contribution in [0.15, 0.2) is 30.3 Å². The molecule has 2 N–H and O–H groups in total. The summed E-state index contributed by atoms with van der Waals surface area (Å²) in [5, 5.41) is 14.3. The summed E-state index contributed by atoms with van der Waals surface area (Å²) in [6, 6.07) is 8.28. The Bertz CT molecular complexity index is 831. The Hall–Kier alpha value is -2.90. The van der Waals surface area contributed by atoms with Crippen LogP contribution in [0.2, 0.25) is 0 Å². The monoisotopic (exact) mass is 412 g/mol. The highest BCUT2D eigenvalue weighted by Gasteiger charge is 2.26. The summed E-state index contributed by atoms with van der Waals surface area (Å²) in [5.41, 5.74) is 0.771. The number of fused-ring (bicyclic) bond motifs is 1. The van der Waals surface area contributed by atoms with Crippen molar-refractivity contribution in [2.75, 3.05) is 19.6 Å². The average Bonchev–Trinajstić information content (AvgIpc) is 2.99. The lowest BCUT2D eigenvalue weighted by Gasteiger charge is -2.26. The summed E-state index contributed by atoms with van der Waals surface area (Å²) < 4.78 is 2.18. The Morgan fingerprint density at radius 2 is 1.87 bits per heavy atom. The molecule has 8 nitrogen and oxygen atoms in total. The zero-order valence-electron chi connectivity index (χ0n) is 17.9. The number of aromatic nitrogens is 3. The fourth-order valence-electron chi connectivity index (χ4n) is 3.85. The number of carbonyl (C=O) groups excluding carboxylic acids is 2. The summed E-state index contributed by atoms with van der Waals surface area (Å²) in [6.07, 6.45) is 5.08. The predicted molar refractivity (Wildman–Crippen MR) is 115 cm³/mol. The smallest absolute Gasteiger partial charge is 0.315 e. The number of amides is 3. The van der Waals surface area contributed by atoms with Gasteiger partial charge in [0.2, 0.25) is 5.91 Å². The Labute approximate surface area is 178 Å². The first-order chi connectivity index (χ1) is 14.6. The van der Waals surface area contributed by atoms with Crippen molar-refractivity contribution in [3.8, 4) is 0 Å². The fraction of sp³-hybridized carbons (Fsp3) is 0.545. The van der Waals surface area contributed by atoms with Gasteiger partial charge in [-0.1, -0.05) is 36.8 Å². The van der Waals surface area contributed by atoms with Crippen LogP contribution in [0, 0.1) is 0 Å². The summed E-state index contributed by atoms with van der Waals surface area (Å²) in [7, 11) is 0. The number of rotatable bonds is 8. The highest BCUT2D eigenvalue weighted by atomic mass is 16.2. The summed E-state index contributed by atoms with van der Waals surface area (Å²) in [5.74, 6) is 1.84. The standard InChI is InChI=1S/C22H32N6O2/c1-3-27(4-2)21(29)20(17-11-7-5-8-12-17)24-22(30)23-15-14-19-26-25-18-13-9-6-10-16-28(18)19/h5,7-8,11-12,20H,3-4,6,9-10,13-16H2,1-2H3,(H2,23,24,30)/t20-/m1/s1. The zero-order valence-corrected chi connectivity index (χ0v) is 17.9. The zero-order chi connectivity index (χ0) is 21.3. The lowest BCUT2D eigenvalue weighted by Crippen LogP contribution is -2.46. The topological polar surface area (TPSA) is 92.2 Å². The van der Waals surface area contributed by atoms with Gasteiger partial charge in [-0.05, 0) is 32.3 Å². The maximum Gasteiger partial charge on any atom is 0.315 e. The Morgan fingerprint density at radius 1 is 1.10 bits per heavy atom. The molecule has 1 atom stereocenters. The van der Waals surface area contributed by atoms with Crippen LogP contribution < -0.4 is 10.6 Å². The first kappa shape index (κ1) is 21.8. The second kappa shape index (κ2) is 10.8. The molecule has 8 heteroatoms. The molecule has 0 unspecified atom stereocenters. The number of carbonyl (C=O) groups is 2. The summed E-state index contributed by atoms with van der Waals surface area (Å²) >= 11 is 0. The predicted octanol–water partition coefficient (Wildman–Crippen LogP) is 2.46. The van der Waals surface area contributed by atoms with Crippen molar-refractivity contribution in [2.45, 2.75) is 58.5 Å². The number of nitrogens with zero attached hydrogens (tertiary/aromatic N) is 4. The van der Waals surface area contributed by atoms with Gasteiger partial charge in [-0.15, -0.1) is 10.2 Å². The molecule has 3 amide bonds. The molecule has 0 radical (unpaired) electrons. The largest absolute Gasteiger partial charge is 0.341 e. The number of hydrogen-bond donors (Lipinski definition) is 2. The molecule has 1 aliphatic rings. The average molecular weight is 413 g/mol. The van der Waals surface area contributed by atoms with Crippen LogP contribution in [-0.2, 0) is 24.2 Å². The SMILES string of the molecule is CCN(CC)C(=O)[C@H](NC(=O)NCCc1nnc2n1CCCCC2)c1ccccc1. The van der Waals surface area contributed by atoms with Crippen molar-refractivity contribution in [3.05, 3.63) is 47.5 Å². The van der Waals surface area contributed by atoms with E-state index < -0.39 is 6.04 Å². The minimum absolute atomic E-state index is 0.107. The van der Waals surface area contributed by atoms with Crippen LogP contribution in [0.3, 0.4) is 0 Å². The normalized spacial score (nSPS) is 14.3. The van der Waals surface area contributed by atoms with Crippen molar-refractivity contribution in [1.82, 2.24) is 30.3 Å². The van der Waals surface area contributed by atoms with Crippen molar-refractivity contribution >= 4 is 11.9 Å². The number of urea groups is 1. The second-order valence-electron chi connectivity index (χ2n) is 7.50. The van der Waals surface area contributed by atoms with Crippen molar-refractivity contribution < 1.29 is 9.59 Å². The molecule has 30 heavy (non-hydrogen) atoms. The van der Waals surface area contributed by atoms with Gasteiger partial charge in [-0.2, -0.15) is 0 Å². The molecule has 1 aromatic carbocycles. The van der Waals surface area contributed by atoms with Crippen molar-refractivity contribution in [1.29, 1.82) is 0 Å². The molecule has 0 fully saturated rings. The number of likely N-dealkylation sites (N-methyl/N-ethyl adjacent to an activating group) is 1. The van der Waals surface area contributed by atoms with Crippen LogP contribution in [-0.4, -0.2) is 51.2 Å². The minimum Gasteiger partial charge on any atom is -0.341 e. The van der Waals surface area contributed by atoms with Crippen molar-refractivity contribution in [2.24, 2.45) is 0 Å². The van der Waals surface area contributed by atoms with Crippen LogP contribution >= 0.6 is 0 Å². The third kappa shape index (κ3) is 5.37. The van der Waals surface area contributed by atoms with E-state index in [0.717, 1.165) is 43.0 Å². The first-order valence-electron chi connectivity index (χ1n) is 10.9. The highest BCUT2D eigenvalue weighted by Crippen LogP contribution is 2.16. The molecule has 1 aliphatic heterocycles.